The van der Waals surface area contributed by atoms with Crippen molar-refractivity contribution in [2.45, 2.75) is 127 Å². The zero-order valence-corrected chi connectivity index (χ0v) is 21.7. The molecule has 3 saturated carbocycles. The smallest absolute Gasteiger partial charge is 0.187 e. The van der Waals surface area contributed by atoms with Crippen LogP contribution in [0.15, 0.2) is 11.6 Å². The predicted molar refractivity (Wildman–Crippen MR) is 128 cm³/mol. The number of hydrogen-bond donors (Lipinski definition) is 7. The normalized spacial score (nSPS) is 48.3. The highest BCUT2D eigenvalue weighted by Crippen LogP contribution is 2.69. The summed E-state index contributed by atoms with van der Waals surface area (Å²) in [6, 6.07) is 0. The monoisotopic (exact) mass is 496 g/mol. The molecule has 4 rings (SSSR count). The van der Waals surface area contributed by atoms with Gasteiger partial charge in [-0.2, -0.15) is 0 Å². The zero-order chi connectivity index (χ0) is 26.4. The van der Waals surface area contributed by atoms with Gasteiger partial charge in [0.15, 0.2) is 5.78 Å². The van der Waals surface area contributed by atoms with Gasteiger partial charge >= 0.3 is 0 Å². The maximum Gasteiger partial charge on any atom is 0.187 e. The Morgan fingerprint density at radius 2 is 1.57 bits per heavy atom. The van der Waals surface area contributed by atoms with E-state index in [1.165, 1.54) is 6.08 Å². The Labute approximate surface area is 207 Å². The van der Waals surface area contributed by atoms with Crippen LogP contribution in [0.5, 0.6) is 0 Å². The Morgan fingerprint density at radius 3 is 2.17 bits per heavy atom. The lowest BCUT2D eigenvalue weighted by Crippen LogP contribution is -2.69. The van der Waals surface area contributed by atoms with Crippen LogP contribution in [0.4, 0.5) is 0 Å². The van der Waals surface area contributed by atoms with Gasteiger partial charge in [-0.25, -0.2) is 0 Å². The average Bonchev–Trinajstić information content (AvgIpc) is 3.01. The van der Waals surface area contributed by atoms with E-state index in [2.05, 4.69) is 0 Å². The molecule has 10 atom stereocenters. The number of fused-ring (bicyclic) bond motifs is 5. The molecule has 0 bridgehead atoms. The van der Waals surface area contributed by atoms with Crippen LogP contribution in [0.25, 0.3) is 0 Å². The van der Waals surface area contributed by atoms with Crippen LogP contribution < -0.4 is 0 Å². The molecule has 0 aliphatic heterocycles. The standard InChI is InChI=1S/C27H44O8/c1-22(2,32)9-8-20(30)25(5,33)19-7-11-26(34)16-12-21(31)27(35)14-18(29)17(28)13-24(27,4)15(16)6-10-23(19,26)3/h12,15,17-20,28-30,32-35H,6-11,13-14H2,1-5H3/t15-,17-,18+,19+,20-,23-,24-,25-,26-,27-/m1/s1. The number of aliphatic hydroxyl groups is 7. The quantitative estimate of drug-likeness (QED) is 0.297. The summed E-state index contributed by atoms with van der Waals surface area (Å²) in [5.41, 5.74) is -7.07. The van der Waals surface area contributed by atoms with Crippen LogP contribution in [0, 0.1) is 22.7 Å². The number of aliphatic hydroxyl groups excluding tert-OH is 3. The molecule has 0 spiro atoms. The molecule has 0 aromatic rings. The summed E-state index contributed by atoms with van der Waals surface area (Å²) in [5.74, 6) is -1.38. The van der Waals surface area contributed by atoms with Gasteiger partial charge in [0.1, 0.15) is 5.60 Å². The van der Waals surface area contributed by atoms with Crippen LogP contribution >= 0.6 is 0 Å². The molecule has 0 radical (unpaired) electrons. The van der Waals surface area contributed by atoms with E-state index < -0.39 is 63.2 Å². The van der Waals surface area contributed by atoms with E-state index in [9.17, 15) is 40.5 Å². The molecule has 0 amide bonds. The van der Waals surface area contributed by atoms with Crippen LogP contribution in [-0.4, -0.2) is 82.2 Å². The van der Waals surface area contributed by atoms with Gasteiger partial charge in [-0.05, 0) is 89.2 Å². The molecule has 7 N–H and O–H groups in total. The Hall–Kier alpha value is -0.870. The second kappa shape index (κ2) is 8.06. The van der Waals surface area contributed by atoms with Crippen molar-refractivity contribution in [3.05, 3.63) is 11.6 Å². The Morgan fingerprint density at radius 1 is 0.971 bits per heavy atom. The lowest BCUT2D eigenvalue weighted by Gasteiger charge is -2.62. The topological polar surface area (TPSA) is 159 Å². The van der Waals surface area contributed by atoms with Crippen molar-refractivity contribution in [1.82, 2.24) is 0 Å². The van der Waals surface area contributed by atoms with E-state index in [-0.39, 0.29) is 25.2 Å². The van der Waals surface area contributed by atoms with Gasteiger partial charge in [-0.15, -0.1) is 0 Å². The largest absolute Gasteiger partial charge is 0.390 e. The van der Waals surface area contributed by atoms with Crippen molar-refractivity contribution in [1.29, 1.82) is 0 Å². The van der Waals surface area contributed by atoms with Gasteiger partial charge in [0.05, 0.1) is 35.1 Å². The Bertz CT molecular complexity index is 907. The van der Waals surface area contributed by atoms with Crippen molar-refractivity contribution in [3.63, 3.8) is 0 Å². The Kier molecular flexibility index (Phi) is 6.26. The fraction of sp³-hybridized carbons (Fsp3) is 0.889. The van der Waals surface area contributed by atoms with Crippen molar-refractivity contribution in [3.8, 4) is 0 Å². The van der Waals surface area contributed by atoms with Crippen molar-refractivity contribution >= 4 is 5.78 Å². The molecule has 0 heterocycles. The molecule has 0 saturated heterocycles. The number of hydrogen-bond acceptors (Lipinski definition) is 8. The first-order chi connectivity index (χ1) is 15.8. The molecule has 0 unspecified atom stereocenters. The van der Waals surface area contributed by atoms with E-state index in [4.69, 9.17) is 0 Å². The molecular formula is C27H44O8. The molecule has 4 aliphatic rings. The van der Waals surface area contributed by atoms with Gasteiger partial charge in [0, 0.05) is 17.3 Å². The zero-order valence-electron chi connectivity index (χ0n) is 21.7. The minimum atomic E-state index is -1.82. The van der Waals surface area contributed by atoms with Gasteiger partial charge in [0.25, 0.3) is 0 Å². The van der Waals surface area contributed by atoms with Gasteiger partial charge in [0.2, 0.25) is 0 Å². The number of carbonyl (C=O) groups excluding carboxylic acids is 1. The minimum absolute atomic E-state index is 0.0437. The molecule has 0 aromatic carbocycles. The average molecular weight is 497 g/mol. The predicted octanol–water partition coefficient (Wildman–Crippen LogP) is 0.969. The van der Waals surface area contributed by atoms with Crippen LogP contribution in [0.2, 0.25) is 0 Å². The summed E-state index contributed by atoms with van der Waals surface area (Å²) in [4.78, 5) is 13.3. The molecule has 35 heavy (non-hydrogen) atoms. The summed E-state index contributed by atoms with van der Waals surface area (Å²) in [6.45, 7) is 8.58. The maximum atomic E-state index is 13.3. The summed E-state index contributed by atoms with van der Waals surface area (Å²) in [5, 5.41) is 77.0. The molecule has 8 heteroatoms. The minimum Gasteiger partial charge on any atom is -0.390 e. The second-order valence-corrected chi connectivity index (χ2v) is 13.3. The highest BCUT2D eigenvalue weighted by molar-refractivity contribution is 6.00. The van der Waals surface area contributed by atoms with Crippen molar-refractivity contribution in [2.75, 3.05) is 0 Å². The number of rotatable bonds is 5. The molecular weight excluding hydrogens is 452 g/mol. The van der Waals surface area contributed by atoms with E-state index in [1.807, 2.05) is 6.92 Å². The van der Waals surface area contributed by atoms with Crippen LogP contribution in [0.3, 0.4) is 0 Å². The fourth-order valence-corrected chi connectivity index (χ4v) is 8.31. The SMILES string of the molecule is CC(C)(O)CC[C@@H](O)[C@](C)(O)[C@H]1CC[C@@]2(O)C3=CC(=O)[C@]4(O)C[C@H](O)[C@H](O)C[C@]4(C)[C@@H]3CC[C@]12C. The third kappa shape index (κ3) is 3.70. The van der Waals surface area contributed by atoms with E-state index in [0.717, 1.165) is 0 Å². The summed E-state index contributed by atoms with van der Waals surface area (Å²) in [7, 11) is 0. The molecule has 3 fully saturated rings. The molecule has 4 aliphatic carbocycles. The lowest BCUT2D eigenvalue weighted by molar-refractivity contribution is -0.211. The number of ketones is 1. The molecule has 0 aromatic heterocycles. The van der Waals surface area contributed by atoms with Gasteiger partial charge in [-0.3, -0.25) is 4.79 Å². The summed E-state index contributed by atoms with van der Waals surface area (Å²) < 4.78 is 0. The highest BCUT2D eigenvalue weighted by atomic mass is 16.3. The molecule has 8 nitrogen and oxygen atoms in total. The van der Waals surface area contributed by atoms with Gasteiger partial charge in [-0.1, -0.05) is 13.8 Å². The van der Waals surface area contributed by atoms with Gasteiger partial charge < -0.3 is 35.7 Å². The third-order valence-corrected chi connectivity index (χ3v) is 10.7. The first-order valence-corrected chi connectivity index (χ1v) is 13.0. The molecule has 200 valence electrons. The lowest BCUT2D eigenvalue weighted by atomic mass is 9.44. The van der Waals surface area contributed by atoms with Crippen molar-refractivity contribution < 1.29 is 40.5 Å². The highest BCUT2D eigenvalue weighted by Gasteiger charge is 2.71. The maximum absolute atomic E-state index is 13.3. The van der Waals surface area contributed by atoms with E-state index in [1.54, 1.807) is 27.7 Å². The van der Waals surface area contributed by atoms with Crippen LogP contribution in [-0.2, 0) is 4.79 Å². The van der Waals surface area contributed by atoms with E-state index in [0.29, 0.717) is 37.7 Å². The van der Waals surface area contributed by atoms with E-state index >= 15 is 0 Å². The van der Waals surface area contributed by atoms with Crippen molar-refractivity contribution in [2.24, 2.45) is 22.7 Å². The summed E-state index contributed by atoms with van der Waals surface area (Å²) in [6.07, 6.45) is 0.0884. The first-order valence-electron chi connectivity index (χ1n) is 13.0. The van der Waals surface area contributed by atoms with Crippen LogP contribution in [0.1, 0.15) is 86.0 Å². The third-order valence-electron chi connectivity index (χ3n) is 10.7. The first kappa shape index (κ1) is 27.2. The summed E-state index contributed by atoms with van der Waals surface area (Å²) >= 11 is 0. The number of carbonyl (C=O) groups is 1. The second-order valence-electron chi connectivity index (χ2n) is 13.3. The Balaban J connectivity index is 1.70. The fourth-order valence-electron chi connectivity index (χ4n) is 8.31.